The highest BCUT2D eigenvalue weighted by Gasteiger charge is 2.12. The van der Waals surface area contributed by atoms with Gasteiger partial charge in [0.2, 0.25) is 0 Å². The molecule has 0 aliphatic carbocycles. The highest BCUT2D eigenvalue weighted by molar-refractivity contribution is 6.31. The lowest BCUT2D eigenvalue weighted by Gasteiger charge is -2.15. The summed E-state index contributed by atoms with van der Waals surface area (Å²) in [5.74, 6) is 0.140. The maximum Gasteiger partial charge on any atom is 0.0621 e. The topological polar surface area (TPSA) is 33.1 Å². The van der Waals surface area contributed by atoms with E-state index in [-0.39, 0.29) is 12.5 Å². The Balaban J connectivity index is 2.05. The molecule has 4 heteroatoms. The molecular formula is C15H15Cl2NO. The largest absolute Gasteiger partial charge is 0.396 e. The molecule has 1 atom stereocenters. The van der Waals surface area contributed by atoms with Crippen LogP contribution in [-0.4, -0.2) is 16.7 Å². The van der Waals surface area contributed by atoms with Gasteiger partial charge in [-0.1, -0.05) is 35.3 Å². The molecule has 2 rings (SSSR count). The van der Waals surface area contributed by atoms with Crippen molar-refractivity contribution in [3.05, 3.63) is 63.9 Å². The lowest BCUT2D eigenvalue weighted by molar-refractivity contribution is 0.225. The molecule has 19 heavy (non-hydrogen) atoms. The van der Waals surface area contributed by atoms with E-state index in [9.17, 15) is 5.11 Å². The summed E-state index contributed by atoms with van der Waals surface area (Å²) >= 11 is 11.9. The number of halogens is 2. The van der Waals surface area contributed by atoms with Crippen molar-refractivity contribution in [1.29, 1.82) is 0 Å². The van der Waals surface area contributed by atoms with Crippen LogP contribution in [-0.2, 0) is 12.8 Å². The van der Waals surface area contributed by atoms with Crippen molar-refractivity contribution >= 4 is 23.2 Å². The van der Waals surface area contributed by atoms with Gasteiger partial charge in [-0.3, -0.25) is 4.98 Å². The Morgan fingerprint density at radius 3 is 2.42 bits per heavy atom. The molecule has 0 bridgehead atoms. The second kappa shape index (κ2) is 6.90. The number of rotatable bonds is 5. The van der Waals surface area contributed by atoms with Crippen molar-refractivity contribution in [2.75, 3.05) is 6.61 Å². The molecular weight excluding hydrogens is 281 g/mol. The summed E-state index contributed by atoms with van der Waals surface area (Å²) in [4.78, 5) is 3.96. The fourth-order valence-corrected chi connectivity index (χ4v) is 2.36. The van der Waals surface area contributed by atoms with Crippen LogP contribution in [0, 0.1) is 5.92 Å². The van der Waals surface area contributed by atoms with E-state index < -0.39 is 0 Å². The van der Waals surface area contributed by atoms with E-state index in [4.69, 9.17) is 23.2 Å². The summed E-state index contributed by atoms with van der Waals surface area (Å²) < 4.78 is 0. The summed E-state index contributed by atoms with van der Waals surface area (Å²) in [7, 11) is 0. The summed E-state index contributed by atoms with van der Waals surface area (Å²) in [5, 5.41) is 10.9. The van der Waals surface area contributed by atoms with E-state index in [1.165, 1.54) is 0 Å². The zero-order valence-corrected chi connectivity index (χ0v) is 11.9. The van der Waals surface area contributed by atoms with Gasteiger partial charge in [-0.15, -0.1) is 0 Å². The highest BCUT2D eigenvalue weighted by atomic mass is 35.5. The van der Waals surface area contributed by atoms with E-state index in [0.29, 0.717) is 5.02 Å². The molecule has 1 aromatic heterocycles. The molecule has 2 aromatic rings. The minimum Gasteiger partial charge on any atom is -0.396 e. The summed E-state index contributed by atoms with van der Waals surface area (Å²) in [6.07, 6.45) is 4.89. The zero-order valence-electron chi connectivity index (χ0n) is 10.4. The average molecular weight is 296 g/mol. The number of benzene rings is 1. The van der Waals surface area contributed by atoms with Gasteiger partial charge in [-0.05, 0) is 48.1 Å². The first-order chi connectivity index (χ1) is 9.19. The Morgan fingerprint density at radius 1 is 1.05 bits per heavy atom. The molecule has 2 nitrogen and oxygen atoms in total. The van der Waals surface area contributed by atoms with Crippen LogP contribution in [0.2, 0.25) is 10.0 Å². The Hall–Kier alpha value is -1.09. The fraction of sp³-hybridized carbons (Fsp3) is 0.267. The van der Waals surface area contributed by atoms with Gasteiger partial charge >= 0.3 is 0 Å². The molecule has 1 heterocycles. The van der Waals surface area contributed by atoms with E-state index in [2.05, 4.69) is 4.98 Å². The predicted molar refractivity (Wildman–Crippen MR) is 78.7 cm³/mol. The number of hydrogen-bond acceptors (Lipinski definition) is 2. The second-order valence-electron chi connectivity index (χ2n) is 4.55. The summed E-state index contributed by atoms with van der Waals surface area (Å²) in [6.45, 7) is 0.126. The molecule has 0 aliphatic heterocycles. The Bertz CT molecular complexity index is 528. The third-order valence-electron chi connectivity index (χ3n) is 3.06. The SMILES string of the molecule is OCC(Cc1ccc(Cl)cc1)Cc1ccncc1Cl. The van der Waals surface area contributed by atoms with Crippen molar-refractivity contribution < 1.29 is 5.11 Å². The normalized spacial score (nSPS) is 12.4. The van der Waals surface area contributed by atoms with E-state index in [1.54, 1.807) is 12.4 Å². The lowest BCUT2D eigenvalue weighted by Crippen LogP contribution is -2.13. The molecule has 1 unspecified atom stereocenters. The minimum atomic E-state index is 0.126. The molecule has 100 valence electrons. The molecule has 0 aliphatic rings. The van der Waals surface area contributed by atoms with Crippen LogP contribution in [0.25, 0.3) is 0 Å². The van der Waals surface area contributed by atoms with Crippen molar-refractivity contribution in [3.63, 3.8) is 0 Å². The number of aliphatic hydroxyl groups is 1. The number of nitrogens with zero attached hydrogens (tertiary/aromatic N) is 1. The fourth-order valence-electron chi connectivity index (χ4n) is 2.04. The van der Waals surface area contributed by atoms with Gasteiger partial charge in [0.1, 0.15) is 0 Å². The third-order valence-corrected chi connectivity index (χ3v) is 3.65. The van der Waals surface area contributed by atoms with Crippen LogP contribution in [0.15, 0.2) is 42.7 Å². The average Bonchev–Trinajstić information content (AvgIpc) is 2.43. The van der Waals surface area contributed by atoms with Gasteiger partial charge in [0.05, 0.1) is 5.02 Å². The standard InChI is InChI=1S/C15H15Cl2NO/c16-14-3-1-11(2-4-14)7-12(10-19)8-13-5-6-18-9-15(13)17/h1-6,9,12,19H,7-8,10H2. The Labute approximate surface area is 123 Å². The molecule has 1 aromatic carbocycles. The lowest BCUT2D eigenvalue weighted by atomic mass is 9.93. The number of pyridine rings is 1. The Morgan fingerprint density at radius 2 is 1.79 bits per heavy atom. The van der Waals surface area contributed by atoms with Crippen LogP contribution in [0.4, 0.5) is 0 Å². The van der Waals surface area contributed by atoms with Gasteiger partial charge in [-0.2, -0.15) is 0 Å². The van der Waals surface area contributed by atoms with Crippen LogP contribution < -0.4 is 0 Å². The molecule has 0 fully saturated rings. The summed E-state index contributed by atoms with van der Waals surface area (Å²) in [6, 6.07) is 9.60. The molecule has 0 radical (unpaired) electrons. The maximum absolute atomic E-state index is 9.51. The number of aromatic nitrogens is 1. The van der Waals surface area contributed by atoms with Gasteiger partial charge in [0.25, 0.3) is 0 Å². The van der Waals surface area contributed by atoms with Crippen molar-refractivity contribution in [1.82, 2.24) is 4.98 Å². The predicted octanol–water partition coefficient (Wildman–Crippen LogP) is 3.78. The first kappa shape index (κ1) is 14.3. The van der Waals surface area contributed by atoms with Gasteiger partial charge in [0.15, 0.2) is 0 Å². The van der Waals surface area contributed by atoms with Crippen molar-refractivity contribution in [3.8, 4) is 0 Å². The van der Waals surface area contributed by atoms with Crippen LogP contribution >= 0.6 is 23.2 Å². The Kier molecular flexibility index (Phi) is 5.20. The van der Waals surface area contributed by atoms with Crippen LogP contribution in [0.1, 0.15) is 11.1 Å². The minimum absolute atomic E-state index is 0.126. The van der Waals surface area contributed by atoms with Crippen molar-refractivity contribution in [2.45, 2.75) is 12.8 Å². The maximum atomic E-state index is 9.51. The molecule has 0 spiro atoms. The van der Waals surface area contributed by atoms with Gasteiger partial charge in [0, 0.05) is 24.0 Å². The van der Waals surface area contributed by atoms with Gasteiger partial charge in [-0.25, -0.2) is 0 Å². The molecule has 0 amide bonds. The quantitative estimate of drug-likeness (QED) is 0.910. The third kappa shape index (κ3) is 4.20. The van der Waals surface area contributed by atoms with E-state index in [1.807, 2.05) is 30.3 Å². The summed E-state index contributed by atoms with van der Waals surface area (Å²) in [5.41, 5.74) is 2.18. The monoisotopic (exact) mass is 295 g/mol. The second-order valence-corrected chi connectivity index (χ2v) is 5.39. The highest BCUT2D eigenvalue weighted by Crippen LogP contribution is 2.20. The number of aliphatic hydroxyl groups excluding tert-OH is 1. The first-order valence-corrected chi connectivity index (χ1v) is 6.88. The number of hydrogen-bond donors (Lipinski definition) is 1. The molecule has 0 saturated carbocycles. The first-order valence-electron chi connectivity index (χ1n) is 6.12. The van der Waals surface area contributed by atoms with E-state index >= 15 is 0 Å². The van der Waals surface area contributed by atoms with Crippen LogP contribution in [0.5, 0.6) is 0 Å². The zero-order chi connectivity index (χ0) is 13.7. The van der Waals surface area contributed by atoms with Crippen molar-refractivity contribution in [2.24, 2.45) is 5.92 Å². The molecule has 1 N–H and O–H groups in total. The molecule has 0 saturated heterocycles. The smallest absolute Gasteiger partial charge is 0.0621 e. The van der Waals surface area contributed by atoms with Gasteiger partial charge < -0.3 is 5.11 Å². The van der Waals surface area contributed by atoms with Crippen LogP contribution in [0.3, 0.4) is 0 Å². The van der Waals surface area contributed by atoms with E-state index in [0.717, 1.165) is 29.0 Å².